The SMILES string of the molecule is CC(C)c1cc(-c2n[nH]c(=O)n2-c2ccc(CN3CCN(C(=O)CN(C)CC(=O)Nc4ccn(C5OC(CO)C(O)C5(F)F)c(=O)n4)CC3)cc2)c(O)cc1O. The lowest BCUT2D eigenvalue weighted by atomic mass is 9.98. The number of aromatic amines is 1. The summed E-state index contributed by atoms with van der Waals surface area (Å²) in [7, 11) is 1.57. The van der Waals surface area contributed by atoms with E-state index in [-0.39, 0.29) is 48.1 Å². The minimum atomic E-state index is -3.88. The summed E-state index contributed by atoms with van der Waals surface area (Å²) >= 11 is 0. The van der Waals surface area contributed by atoms with E-state index in [9.17, 15) is 48.4 Å². The molecule has 300 valence electrons. The standard InChI is InChI=1S/C36H43F2N9O9/c1-20(2)23-14-24(26(50)15-25(23)49)32-41-42-35(55)47(32)22-6-4-21(5-7-22)16-44-10-12-45(13-11-44)30(52)18-43(3)17-29(51)39-28-8-9-46(34(54)40-28)33-36(37,38)31(53)27(19-48)56-33/h4-9,14-15,20,27,31,33,48-50,53H,10-13,16-19H2,1-3H3,(H,42,55)(H,39,40,51,54). The van der Waals surface area contributed by atoms with E-state index >= 15 is 0 Å². The summed E-state index contributed by atoms with van der Waals surface area (Å²) in [5, 5.41) is 48.7. The summed E-state index contributed by atoms with van der Waals surface area (Å²) < 4.78 is 35.7. The molecule has 56 heavy (non-hydrogen) atoms. The summed E-state index contributed by atoms with van der Waals surface area (Å²) in [4.78, 5) is 59.9. The molecule has 2 saturated heterocycles. The fourth-order valence-electron chi connectivity index (χ4n) is 6.71. The van der Waals surface area contributed by atoms with Crippen LogP contribution in [0.1, 0.15) is 37.1 Å². The molecular weight excluding hydrogens is 740 g/mol. The lowest BCUT2D eigenvalue weighted by molar-refractivity contribution is -0.141. The van der Waals surface area contributed by atoms with Crippen LogP contribution in [0.3, 0.4) is 0 Å². The lowest BCUT2D eigenvalue weighted by Gasteiger charge is -2.35. The van der Waals surface area contributed by atoms with Crippen LogP contribution in [0.25, 0.3) is 17.1 Å². The Morgan fingerprint density at radius 3 is 2.38 bits per heavy atom. The van der Waals surface area contributed by atoms with Gasteiger partial charge in [-0.25, -0.2) is 19.3 Å². The number of ether oxygens (including phenoxy) is 1. The molecule has 2 aliphatic rings. The molecule has 2 aliphatic heterocycles. The first-order valence-electron chi connectivity index (χ1n) is 17.8. The van der Waals surface area contributed by atoms with Crippen LogP contribution < -0.4 is 16.7 Å². The van der Waals surface area contributed by atoms with Gasteiger partial charge in [-0.15, -0.1) is 0 Å². The third-order valence-corrected chi connectivity index (χ3v) is 9.73. The Balaban J connectivity index is 0.977. The van der Waals surface area contributed by atoms with Gasteiger partial charge in [-0.05, 0) is 48.4 Å². The van der Waals surface area contributed by atoms with E-state index in [0.717, 1.165) is 17.8 Å². The van der Waals surface area contributed by atoms with Gasteiger partial charge in [-0.2, -0.15) is 18.9 Å². The van der Waals surface area contributed by atoms with Gasteiger partial charge in [0, 0.05) is 45.0 Å². The molecule has 2 aromatic carbocycles. The highest BCUT2D eigenvalue weighted by Crippen LogP contribution is 2.42. The number of carbonyl (C=O) groups is 2. The number of halogens is 2. The Kier molecular flexibility index (Phi) is 11.7. The van der Waals surface area contributed by atoms with Gasteiger partial charge in [-0.1, -0.05) is 26.0 Å². The maximum Gasteiger partial charge on any atom is 0.351 e. The Bertz CT molecular complexity index is 2180. The van der Waals surface area contributed by atoms with Crippen molar-refractivity contribution in [3.63, 3.8) is 0 Å². The fourth-order valence-corrected chi connectivity index (χ4v) is 6.71. The first kappa shape index (κ1) is 40.1. The molecule has 2 aromatic heterocycles. The molecule has 0 saturated carbocycles. The largest absolute Gasteiger partial charge is 0.508 e. The van der Waals surface area contributed by atoms with Gasteiger partial charge in [0.25, 0.3) is 0 Å². The molecule has 4 aromatic rings. The molecular formula is C36H43F2N9O9. The number of alkyl halides is 2. The second-order valence-electron chi connectivity index (χ2n) is 14.1. The molecule has 2 amide bonds. The molecule has 0 bridgehead atoms. The van der Waals surface area contributed by atoms with Gasteiger partial charge in [0.1, 0.15) is 23.4 Å². The number of benzene rings is 2. The summed E-state index contributed by atoms with van der Waals surface area (Å²) in [5.74, 6) is -4.99. The molecule has 20 heteroatoms. The Morgan fingerprint density at radius 2 is 1.75 bits per heavy atom. The van der Waals surface area contributed by atoms with Crippen LogP contribution in [0.15, 0.2) is 58.3 Å². The van der Waals surface area contributed by atoms with Crippen molar-refractivity contribution in [3.05, 3.63) is 80.8 Å². The van der Waals surface area contributed by atoms with Crippen LogP contribution in [0.5, 0.6) is 11.5 Å². The first-order chi connectivity index (χ1) is 26.6. The smallest absolute Gasteiger partial charge is 0.351 e. The topological polar surface area (TPSA) is 232 Å². The zero-order chi connectivity index (χ0) is 40.5. The Hall–Kier alpha value is -5.54. The molecule has 2 fully saturated rings. The third kappa shape index (κ3) is 8.33. The highest BCUT2D eigenvalue weighted by molar-refractivity contribution is 5.91. The van der Waals surface area contributed by atoms with Crippen molar-refractivity contribution in [2.24, 2.45) is 0 Å². The minimum Gasteiger partial charge on any atom is -0.508 e. The van der Waals surface area contributed by atoms with Crippen molar-refractivity contribution >= 4 is 17.6 Å². The van der Waals surface area contributed by atoms with Crippen molar-refractivity contribution in [3.8, 4) is 28.6 Å². The highest BCUT2D eigenvalue weighted by atomic mass is 19.3. The molecule has 3 atom stereocenters. The Morgan fingerprint density at radius 1 is 1.05 bits per heavy atom. The number of amides is 2. The first-order valence-corrected chi connectivity index (χ1v) is 17.8. The van der Waals surface area contributed by atoms with Gasteiger partial charge in [-0.3, -0.25) is 24.0 Å². The number of anilines is 1. The van der Waals surface area contributed by atoms with E-state index < -0.39 is 48.3 Å². The van der Waals surface area contributed by atoms with Crippen LogP contribution in [-0.2, 0) is 20.9 Å². The van der Waals surface area contributed by atoms with Gasteiger partial charge < -0.3 is 35.4 Å². The number of nitrogens with one attached hydrogen (secondary N) is 2. The number of hydrogen-bond acceptors (Lipinski definition) is 13. The van der Waals surface area contributed by atoms with Crippen molar-refractivity contribution < 1.29 is 43.5 Å². The number of piperazine rings is 1. The van der Waals surface area contributed by atoms with Crippen molar-refractivity contribution in [1.29, 1.82) is 0 Å². The molecule has 0 aliphatic carbocycles. The molecule has 6 rings (SSSR count). The fraction of sp³-hybridized carbons (Fsp3) is 0.444. The van der Waals surface area contributed by atoms with Crippen molar-refractivity contribution in [2.45, 2.75) is 50.7 Å². The van der Waals surface area contributed by atoms with Gasteiger partial charge in [0.2, 0.25) is 18.0 Å². The van der Waals surface area contributed by atoms with Crippen molar-refractivity contribution in [2.75, 3.05) is 58.2 Å². The number of phenolic OH excluding ortho intramolecular Hbond substituents is 2. The van der Waals surface area contributed by atoms with Crippen LogP contribution in [0, 0.1) is 0 Å². The number of aliphatic hydroxyl groups is 2. The van der Waals surface area contributed by atoms with E-state index in [2.05, 4.69) is 25.4 Å². The average Bonchev–Trinajstić information content (AvgIpc) is 3.63. The van der Waals surface area contributed by atoms with Crippen molar-refractivity contribution in [1.82, 2.24) is 39.0 Å². The van der Waals surface area contributed by atoms with Crippen LogP contribution >= 0.6 is 0 Å². The molecule has 6 N–H and O–H groups in total. The second-order valence-corrected chi connectivity index (χ2v) is 14.1. The predicted molar refractivity (Wildman–Crippen MR) is 195 cm³/mol. The molecule has 4 heterocycles. The highest BCUT2D eigenvalue weighted by Gasteiger charge is 2.59. The molecule has 0 spiro atoms. The monoisotopic (exact) mass is 783 g/mol. The summed E-state index contributed by atoms with van der Waals surface area (Å²) in [5.41, 5.74) is 0.722. The number of aromatic nitrogens is 5. The maximum absolute atomic E-state index is 14.5. The van der Waals surface area contributed by atoms with Gasteiger partial charge in [0.15, 0.2) is 11.9 Å². The van der Waals surface area contributed by atoms with E-state index in [4.69, 9.17) is 4.74 Å². The van der Waals surface area contributed by atoms with Crippen LogP contribution in [-0.4, -0.2) is 142 Å². The number of carbonyl (C=O) groups excluding carboxylic acids is 2. The lowest BCUT2D eigenvalue weighted by Crippen LogP contribution is -2.51. The number of likely N-dealkylation sites (N-methyl/N-ethyl adjacent to an activating group) is 1. The molecule has 18 nitrogen and oxygen atoms in total. The average molecular weight is 784 g/mol. The maximum atomic E-state index is 14.5. The van der Waals surface area contributed by atoms with Gasteiger partial charge in [0.05, 0.1) is 30.9 Å². The zero-order valence-electron chi connectivity index (χ0n) is 30.8. The summed E-state index contributed by atoms with van der Waals surface area (Å²) in [6.07, 6.45) is -5.19. The normalized spacial score (nSPS) is 19.9. The summed E-state index contributed by atoms with van der Waals surface area (Å²) in [6, 6.07) is 11.3. The number of aromatic hydroxyl groups is 2. The number of rotatable bonds is 12. The third-order valence-electron chi connectivity index (χ3n) is 9.73. The molecule has 0 radical (unpaired) electrons. The van der Waals surface area contributed by atoms with Gasteiger partial charge >= 0.3 is 17.3 Å². The predicted octanol–water partition coefficient (Wildman–Crippen LogP) is 0.420. The number of phenols is 2. The minimum absolute atomic E-state index is 0.0389. The summed E-state index contributed by atoms with van der Waals surface area (Å²) in [6.45, 7) is 5.31. The van der Waals surface area contributed by atoms with E-state index in [1.165, 1.54) is 15.5 Å². The van der Waals surface area contributed by atoms with Crippen LogP contribution in [0.4, 0.5) is 14.6 Å². The number of nitrogens with zero attached hydrogens (tertiary/aromatic N) is 7. The second kappa shape index (κ2) is 16.3. The van der Waals surface area contributed by atoms with E-state index in [0.29, 0.717) is 54.1 Å². The van der Waals surface area contributed by atoms with Crippen LogP contribution in [0.2, 0.25) is 0 Å². The Labute approximate surface area is 318 Å². The van der Waals surface area contributed by atoms with E-state index in [1.807, 2.05) is 26.0 Å². The zero-order valence-corrected chi connectivity index (χ0v) is 30.8. The number of hydrogen-bond donors (Lipinski definition) is 6. The van der Waals surface area contributed by atoms with E-state index in [1.54, 1.807) is 30.1 Å². The quantitative estimate of drug-likeness (QED) is 0.115. The molecule has 3 unspecified atom stereocenters. The number of H-pyrrole nitrogens is 1. The number of aliphatic hydroxyl groups excluding tert-OH is 2.